The average Bonchev–Trinajstić information content (AvgIpc) is 2.73. The number of aromatic nitrogens is 1. The van der Waals surface area contributed by atoms with Crippen molar-refractivity contribution in [2.75, 3.05) is 5.73 Å². The van der Waals surface area contributed by atoms with Gasteiger partial charge in [-0.25, -0.2) is 0 Å². The number of nitrogens with one attached hydrogen (secondary N) is 1. The predicted octanol–water partition coefficient (Wildman–Crippen LogP) is 2.58. The second-order valence-corrected chi connectivity index (χ2v) is 4.69. The van der Waals surface area contributed by atoms with E-state index < -0.39 is 0 Å². The third-order valence-electron chi connectivity index (χ3n) is 2.53. The number of pyridine rings is 1. The molecule has 2 aromatic rings. The highest BCUT2D eigenvalue weighted by Gasteiger charge is 2.06. The molecule has 2 rings (SSSR count). The summed E-state index contributed by atoms with van der Waals surface area (Å²) in [5.41, 5.74) is 7.89. The molecular formula is C12H15N3S. The molecule has 0 aromatic carbocycles. The van der Waals surface area contributed by atoms with Crippen LogP contribution in [0.25, 0.3) is 0 Å². The minimum atomic E-state index is 0.287. The molecule has 84 valence electrons. The van der Waals surface area contributed by atoms with Crippen LogP contribution in [0.1, 0.15) is 23.4 Å². The Kier molecular flexibility index (Phi) is 3.54. The molecule has 0 fully saturated rings. The summed E-state index contributed by atoms with van der Waals surface area (Å²) in [5.74, 6) is 0. The lowest BCUT2D eigenvalue weighted by Gasteiger charge is -2.13. The van der Waals surface area contributed by atoms with Gasteiger partial charge in [0.15, 0.2) is 0 Å². The molecule has 3 nitrogen and oxygen atoms in total. The van der Waals surface area contributed by atoms with Crippen LogP contribution in [-0.2, 0) is 6.54 Å². The van der Waals surface area contributed by atoms with Gasteiger partial charge in [0.05, 0.1) is 0 Å². The standard InChI is InChI=1S/C12H15N3S/c1-9(10-3-2-5-14-7-10)15-8-12-11(13)4-6-16-12/h2-7,9,15H,8,13H2,1H3/t9-/m1/s1. The molecule has 0 saturated heterocycles. The fourth-order valence-corrected chi connectivity index (χ4v) is 2.24. The average molecular weight is 233 g/mol. The predicted molar refractivity (Wildman–Crippen MR) is 68.2 cm³/mol. The third kappa shape index (κ3) is 2.59. The quantitative estimate of drug-likeness (QED) is 0.853. The van der Waals surface area contributed by atoms with Gasteiger partial charge in [-0.1, -0.05) is 6.07 Å². The molecule has 0 spiro atoms. The molecule has 0 saturated carbocycles. The van der Waals surface area contributed by atoms with Crippen LogP contribution in [0.4, 0.5) is 5.69 Å². The largest absolute Gasteiger partial charge is 0.398 e. The summed E-state index contributed by atoms with van der Waals surface area (Å²) in [6.07, 6.45) is 3.67. The van der Waals surface area contributed by atoms with Crippen molar-refractivity contribution in [2.24, 2.45) is 0 Å². The summed E-state index contributed by atoms with van der Waals surface area (Å²) < 4.78 is 0. The van der Waals surface area contributed by atoms with Gasteiger partial charge in [0.25, 0.3) is 0 Å². The molecule has 3 N–H and O–H groups in total. The Bertz CT molecular complexity index is 439. The Morgan fingerprint density at radius 2 is 2.38 bits per heavy atom. The number of thiophene rings is 1. The van der Waals surface area contributed by atoms with Gasteiger partial charge in [-0.15, -0.1) is 11.3 Å². The number of nitrogens with two attached hydrogens (primary N) is 1. The van der Waals surface area contributed by atoms with Crippen LogP contribution in [0.5, 0.6) is 0 Å². The zero-order chi connectivity index (χ0) is 11.4. The van der Waals surface area contributed by atoms with E-state index in [4.69, 9.17) is 5.73 Å². The molecule has 0 unspecified atom stereocenters. The van der Waals surface area contributed by atoms with Crippen molar-refractivity contribution in [3.63, 3.8) is 0 Å². The van der Waals surface area contributed by atoms with Crippen LogP contribution in [0.15, 0.2) is 36.0 Å². The first-order valence-electron chi connectivity index (χ1n) is 5.22. The van der Waals surface area contributed by atoms with E-state index in [0.717, 1.165) is 12.2 Å². The SMILES string of the molecule is C[C@@H](NCc1sccc1N)c1cccnc1. The van der Waals surface area contributed by atoms with E-state index in [9.17, 15) is 0 Å². The number of hydrogen-bond acceptors (Lipinski definition) is 4. The van der Waals surface area contributed by atoms with E-state index in [0.29, 0.717) is 0 Å². The summed E-state index contributed by atoms with van der Waals surface area (Å²) in [6.45, 7) is 2.93. The highest BCUT2D eigenvalue weighted by atomic mass is 32.1. The minimum absolute atomic E-state index is 0.287. The Labute approximate surface area is 99.3 Å². The topological polar surface area (TPSA) is 50.9 Å². The molecule has 16 heavy (non-hydrogen) atoms. The molecule has 0 radical (unpaired) electrons. The molecular weight excluding hydrogens is 218 g/mol. The van der Waals surface area contributed by atoms with Crippen molar-refractivity contribution in [1.29, 1.82) is 0 Å². The van der Waals surface area contributed by atoms with Crippen LogP contribution in [-0.4, -0.2) is 4.98 Å². The van der Waals surface area contributed by atoms with Crippen molar-refractivity contribution in [2.45, 2.75) is 19.5 Å². The molecule has 0 bridgehead atoms. The summed E-state index contributed by atoms with van der Waals surface area (Å²) in [4.78, 5) is 5.30. The lowest BCUT2D eigenvalue weighted by Crippen LogP contribution is -2.18. The lowest BCUT2D eigenvalue weighted by molar-refractivity contribution is 0.578. The second kappa shape index (κ2) is 5.09. The maximum atomic E-state index is 5.82. The van der Waals surface area contributed by atoms with Crippen molar-refractivity contribution in [3.8, 4) is 0 Å². The van der Waals surface area contributed by atoms with E-state index in [1.807, 2.05) is 23.7 Å². The molecule has 1 atom stereocenters. The smallest absolute Gasteiger partial charge is 0.0468 e. The van der Waals surface area contributed by atoms with Crippen LogP contribution in [0.3, 0.4) is 0 Å². The van der Waals surface area contributed by atoms with Crippen LogP contribution in [0.2, 0.25) is 0 Å². The molecule has 0 aliphatic heterocycles. The van der Waals surface area contributed by atoms with Gasteiger partial charge in [-0.2, -0.15) is 0 Å². The Morgan fingerprint density at radius 3 is 3.00 bits per heavy atom. The molecule has 2 heterocycles. The minimum Gasteiger partial charge on any atom is -0.398 e. The first-order chi connectivity index (χ1) is 7.77. The molecule has 0 aliphatic carbocycles. The fraction of sp³-hybridized carbons (Fsp3) is 0.250. The van der Waals surface area contributed by atoms with E-state index in [-0.39, 0.29) is 6.04 Å². The number of rotatable bonds is 4. The lowest BCUT2D eigenvalue weighted by atomic mass is 10.1. The highest BCUT2D eigenvalue weighted by Crippen LogP contribution is 2.20. The Morgan fingerprint density at radius 1 is 1.50 bits per heavy atom. The maximum Gasteiger partial charge on any atom is 0.0468 e. The van der Waals surface area contributed by atoms with Gasteiger partial charge in [0, 0.05) is 35.5 Å². The third-order valence-corrected chi connectivity index (χ3v) is 3.47. The van der Waals surface area contributed by atoms with Crippen molar-refractivity contribution < 1.29 is 0 Å². The van der Waals surface area contributed by atoms with E-state index in [1.54, 1.807) is 17.5 Å². The number of hydrogen-bond donors (Lipinski definition) is 2. The summed E-state index contributed by atoms with van der Waals surface area (Å²) in [6, 6.07) is 6.25. The van der Waals surface area contributed by atoms with Gasteiger partial charge in [-0.05, 0) is 30.0 Å². The molecule has 4 heteroatoms. The molecule has 0 amide bonds. The maximum absolute atomic E-state index is 5.82. The van der Waals surface area contributed by atoms with Crippen LogP contribution >= 0.6 is 11.3 Å². The van der Waals surface area contributed by atoms with Crippen molar-refractivity contribution >= 4 is 17.0 Å². The molecule has 0 aliphatic rings. The van der Waals surface area contributed by atoms with Gasteiger partial charge in [-0.3, -0.25) is 4.98 Å². The van der Waals surface area contributed by atoms with Gasteiger partial charge in [0.1, 0.15) is 0 Å². The number of nitrogens with zero attached hydrogens (tertiary/aromatic N) is 1. The summed E-state index contributed by atoms with van der Waals surface area (Å²) >= 11 is 1.68. The van der Waals surface area contributed by atoms with E-state index in [2.05, 4.69) is 23.3 Å². The van der Waals surface area contributed by atoms with E-state index in [1.165, 1.54) is 10.4 Å². The van der Waals surface area contributed by atoms with Crippen LogP contribution < -0.4 is 11.1 Å². The van der Waals surface area contributed by atoms with Crippen LogP contribution in [0, 0.1) is 0 Å². The Hall–Kier alpha value is -1.39. The van der Waals surface area contributed by atoms with E-state index >= 15 is 0 Å². The van der Waals surface area contributed by atoms with Crippen molar-refractivity contribution in [3.05, 3.63) is 46.4 Å². The van der Waals surface area contributed by atoms with Gasteiger partial charge >= 0.3 is 0 Å². The van der Waals surface area contributed by atoms with Gasteiger partial charge in [0.2, 0.25) is 0 Å². The fourth-order valence-electron chi connectivity index (χ4n) is 1.49. The molecule has 2 aromatic heterocycles. The first-order valence-corrected chi connectivity index (χ1v) is 6.10. The van der Waals surface area contributed by atoms with Gasteiger partial charge < -0.3 is 11.1 Å². The highest BCUT2D eigenvalue weighted by molar-refractivity contribution is 7.10. The number of anilines is 1. The normalized spacial score (nSPS) is 12.6. The summed E-state index contributed by atoms with van der Waals surface area (Å²) in [5, 5.41) is 5.45. The number of nitrogen functional groups attached to an aromatic ring is 1. The van der Waals surface area contributed by atoms with Crippen molar-refractivity contribution in [1.82, 2.24) is 10.3 Å². The zero-order valence-corrected chi connectivity index (χ0v) is 10.00. The summed E-state index contributed by atoms with van der Waals surface area (Å²) in [7, 11) is 0. The first kappa shape index (κ1) is 11.1. The zero-order valence-electron chi connectivity index (χ0n) is 9.18. The Balaban J connectivity index is 1.94. The monoisotopic (exact) mass is 233 g/mol. The second-order valence-electron chi connectivity index (χ2n) is 3.69.